The predicted octanol–water partition coefficient (Wildman–Crippen LogP) is 4.54. The van der Waals surface area contributed by atoms with Crippen molar-refractivity contribution in [3.63, 3.8) is 0 Å². The normalized spacial score (nSPS) is 33.3. The lowest BCUT2D eigenvalue weighted by Crippen LogP contribution is -2.52. The number of fused-ring (bicyclic) bond motifs is 4. The molecule has 36 heavy (non-hydrogen) atoms. The molecular weight excluding hydrogens is 460 g/mol. The molecule has 1 aromatic carbocycles. The highest BCUT2D eigenvalue weighted by molar-refractivity contribution is 6.39. The molecule has 4 saturated carbocycles. The second-order valence-corrected chi connectivity index (χ2v) is 11.5. The zero-order valence-corrected chi connectivity index (χ0v) is 20.6. The average molecular weight is 497 g/mol. The number of carbonyl (C=O) groups excluding carboxylic acids is 2. The van der Waals surface area contributed by atoms with Gasteiger partial charge in [0.1, 0.15) is 0 Å². The Morgan fingerprint density at radius 1 is 0.750 bits per heavy atom. The van der Waals surface area contributed by atoms with Crippen molar-refractivity contribution in [1.82, 2.24) is 0 Å². The van der Waals surface area contributed by atoms with Crippen LogP contribution in [0.5, 0.6) is 0 Å². The van der Waals surface area contributed by atoms with E-state index in [1.807, 2.05) is 0 Å². The smallest absolute Gasteiger partial charge is 0.394 e. The molecule has 2 amide bonds. The molecule has 4 fully saturated rings. The van der Waals surface area contributed by atoms with Crippen LogP contribution in [0, 0.1) is 35.5 Å². The maximum absolute atomic E-state index is 13.0. The summed E-state index contributed by atoms with van der Waals surface area (Å²) in [6.45, 7) is 0. The first-order valence-corrected chi connectivity index (χ1v) is 13.5. The van der Waals surface area contributed by atoms with Gasteiger partial charge in [0.2, 0.25) is 0 Å². The Morgan fingerprint density at radius 3 is 1.97 bits per heavy atom. The Kier molecular flexibility index (Phi) is 7.04. The van der Waals surface area contributed by atoms with Crippen molar-refractivity contribution in [2.75, 3.05) is 10.2 Å². The van der Waals surface area contributed by atoms with Crippen LogP contribution < -0.4 is 10.2 Å². The van der Waals surface area contributed by atoms with Gasteiger partial charge < -0.3 is 15.5 Å². The first-order chi connectivity index (χ1) is 17.3. The van der Waals surface area contributed by atoms with Crippen molar-refractivity contribution >= 4 is 35.1 Å². The first kappa shape index (κ1) is 24.8. The van der Waals surface area contributed by atoms with Crippen LogP contribution in [0.2, 0.25) is 0 Å². The second kappa shape index (κ2) is 10.2. The summed E-state index contributed by atoms with van der Waals surface area (Å²) in [7, 11) is 0. The van der Waals surface area contributed by atoms with E-state index in [1.54, 1.807) is 18.2 Å². The summed E-state index contributed by atoms with van der Waals surface area (Å²) in [4.78, 5) is 49.3. The van der Waals surface area contributed by atoms with Gasteiger partial charge in [-0.15, -0.1) is 0 Å². The van der Waals surface area contributed by atoms with Gasteiger partial charge in [0.15, 0.2) is 0 Å². The predicted molar refractivity (Wildman–Crippen MR) is 133 cm³/mol. The Morgan fingerprint density at radius 2 is 1.36 bits per heavy atom. The summed E-state index contributed by atoms with van der Waals surface area (Å²) in [5.41, 5.74) is 0.375. The largest absolute Gasteiger partial charge is 0.474 e. The second-order valence-electron chi connectivity index (χ2n) is 11.5. The van der Waals surface area contributed by atoms with Gasteiger partial charge in [-0.1, -0.05) is 50.7 Å². The summed E-state index contributed by atoms with van der Waals surface area (Å²) in [5, 5.41) is 21.1. The molecule has 5 rings (SSSR count). The monoisotopic (exact) mass is 496 g/mol. The zero-order chi connectivity index (χ0) is 25.4. The number of nitrogens with zero attached hydrogens (tertiary/aromatic N) is 1. The molecule has 0 aromatic heterocycles. The third kappa shape index (κ3) is 4.87. The number of hydrogen-bond acceptors (Lipinski definition) is 4. The van der Waals surface area contributed by atoms with Crippen molar-refractivity contribution < 1.29 is 29.4 Å². The van der Waals surface area contributed by atoms with Crippen LogP contribution in [0.25, 0.3) is 0 Å². The molecule has 194 valence electrons. The van der Waals surface area contributed by atoms with Gasteiger partial charge >= 0.3 is 23.8 Å². The van der Waals surface area contributed by atoms with E-state index in [2.05, 4.69) is 5.32 Å². The molecular formula is C28H36N2O6. The number of carboxylic acids is 2. The molecule has 4 aliphatic rings. The first-order valence-electron chi connectivity index (χ1n) is 13.5. The molecule has 8 heteroatoms. The molecule has 4 bridgehead atoms. The lowest BCUT2D eigenvalue weighted by Gasteiger charge is -2.53. The number of aliphatic carboxylic acids is 2. The molecule has 0 aliphatic heterocycles. The van der Waals surface area contributed by atoms with Gasteiger partial charge in [-0.2, -0.15) is 0 Å². The average Bonchev–Trinajstić information content (AvgIpc) is 2.84. The van der Waals surface area contributed by atoms with Crippen molar-refractivity contribution in [3.05, 3.63) is 24.3 Å². The van der Waals surface area contributed by atoms with Gasteiger partial charge in [-0.05, 0) is 79.7 Å². The number of para-hydroxylation sites is 2. The fourth-order valence-corrected chi connectivity index (χ4v) is 8.38. The maximum Gasteiger partial charge on any atom is 0.394 e. The van der Waals surface area contributed by atoms with E-state index in [0.29, 0.717) is 17.8 Å². The van der Waals surface area contributed by atoms with Crippen LogP contribution in [0.3, 0.4) is 0 Å². The van der Waals surface area contributed by atoms with E-state index in [1.165, 1.54) is 55.9 Å². The molecule has 0 heterocycles. The summed E-state index contributed by atoms with van der Waals surface area (Å²) >= 11 is 0. The summed E-state index contributed by atoms with van der Waals surface area (Å²) in [6.07, 6.45) is 13.0. The minimum atomic E-state index is -1.65. The molecule has 7 atom stereocenters. The molecule has 8 nitrogen and oxygen atoms in total. The fourth-order valence-electron chi connectivity index (χ4n) is 8.38. The number of benzene rings is 1. The third-order valence-corrected chi connectivity index (χ3v) is 9.47. The highest BCUT2D eigenvalue weighted by Gasteiger charge is 2.48. The van der Waals surface area contributed by atoms with E-state index < -0.39 is 23.8 Å². The van der Waals surface area contributed by atoms with Gasteiger partial charge in [-0.25, -0.2) is 9.59 Å². The van der Waals surface area contributed by atoms with Crippen LogP contribution in [0.4, 0.5) is 11.4 Å². The maximum atomic E-state index is 13.0. The topological polar surface area (TPSA) is 124 Å². The molecule has 1 unspecified atom stereocenters. The number of carboxylic acid groups (broad SMARTS) is 2. The molecule has 0 radical (unpaired) electrons. The number of carbonyl (C=O) groups is 4. The van der Waals surface area contributed by atoms with Crippen molar-refractivity contribution in [1.29, 1.82) is 0 Å². The molecule has 0 saturated heterocycles. The number of amides is 2. The third-order valence-electron chi connectivity index (χ3n) is 9.47. The van der Waals surface area contributed by atoms with Crippen molar-refractivity contribution in [2.45, 2.75) is 76.7 Å². The Bertz CT molecular complexity index is 1010. The van der Waals surface area contributed by atoms with Crippen LogP contribution in [-0.2, 0) is 19.2 Å². The van der Waals surface area contributed by atoms with E-state index in [9.17, 15) is 24.3 Å². The van der Waals surface area contributed by atoms with Crippen molar-refractivity contribution in [3.8, 4) is 0 Å². The number of nitrogens with one attached hydrogen (secondary N) is 1. The van der Waals surface area contributed by atoms with Gasteiger partial charge in [-0.3, -0.25) is 14.5 Å². The van der Waals surface area contributed by atoms with Gasteiger partial charge in [0, 0.05) is 6.04 Å². The number of hydrogen-bond donors (Lipinski definition) is 3. The number of anilines is 2. The highest BCUT2D eigenvalue weighted by Crippen LogP contribution is 2.55. The molecule has 4 aliphatic carbocycles. The van der Waals surface area contributed by atoms with Crippen LogP contribution in [0.1, 0.15) is 70.6 Å². The van der Waals surface area contributed by atoms with E-state index in [-0.39, 0.29) is 17.4 Å². The van der Waals surface area contributed by atoms with E-state index in [0.717, 1.165) is 43.4 Å². The van der Waals surface area contributed by atoms with Gasteiger partial charge in [0.05, 0.1) is 11.4 Å². The zero-order valence-electron chi connectivity index (χ0n) is 20.6. The fraction of sp³-hybridized carbons (Fsp3) is 0.643. The molecule has 0 spiro atoms. The summed E-state index contributed by atoms with van der Waals surface area (Å²) in [6, 6.07) is 6.08. The van der Waals surface area contributed by atoms with E-state index in [4.69, 9.17) is 5.11 Å². The minimum absolute atomic E-state index is 0.131. The van der Waals surface area contributed by atoms with Gasteiger partial charge in [0.25, 0.3) is 0 Å². The Balaban J connectivity index is 1.42. The molecule has 1 aromatic rings. The lowest BCUT2D eigenvalue weighted by atomic mass is 9.54. The quantitative estimate of drug-likeness (QED) is 0.526. The SMILES string of the molecule is O=C(O)C(=O)Nc1ccccc1N(C(=O)C(=O)O)[C@H]1C[C@H]2CCC[C@@H](C1)C2[C@H]1C[C@@H]2CCC[C@@H](C2)C1. The van der Waals surface area contributed by atoms with Crippen LogP contribution >= 0.6 is 0 Å². The van der Waals surface area contributed by atoms with E-state index >= 15 is 0 Å². The lowest BCUT2D eigenvalue weighted by molar-refractivity contribution is -0.149. The molecule has 3 N–H and O–H groups in total. The van der Waals surface area contributed by atoms with Crippen LogP contribution in [0.15, 0.2) is 24.3 Å². The standard InChI is InChI=1S/C28H36N2O6/c31-25(27(33)34)29-22-9-1-2-10-23(22)30(26(32)28(35)36)21-14-18-7-4-8-19(15-21)24(18)20-12-16-5-3-6-17(11-16)13-20/h1-2,9-10,16-21,24H,3-8,11-15H2,(H,29,31)(H,33,34)(H,35,36)/t16-,17+,18-,19+,20+,21+,24?. The number of rotatable bonds is 4. The Hall–Kier alpha value is -2.90. The highest BCUT2D eigenvalue weighted by atomic mass is 16.4. The van der Waals surface area contributed by atoms with Crippen molar-refractivity contribution in [2.24, 2.45) is 35.5 Å². The minimum Gasteiger partial charge on any atom is -0.474 e. The van der Waals surface area contributed by atoms with Crippen LogP contribution in [-0.4, -0.2) is 40.0 Å². The Labute approximate surface area is 211 Å². The summed E-state index contributed by atoms with van der Waals surface area (Å²) in [5.74, 6) is -1.47. The summed E-state index contributed by atoms with van der Waals surface area (Å²) < 4.78 is 0.